The van der Waals surface area contributed by atoms with E-state index >= 15 is 0 Å². The van der Waals surface area contributed by atoms with Crippen molar-refractivity contribution in [2.24, 2.45) is 0 Å². The molecule has 0 aliphatic rings. The molecule has 0 fully saturated rings. The Morgan fingerprint density at radius 2 is 1.67 bits per heavy atom. The second kappa shape index (κ2) is 9.11. The fraction of sp³-hybridized carbons (Fsp3) is 0.174. The maximum absolute atomic E-state index is 12.8. The SMILES string of the molecule is COc1cc(C(=O)Nc2ccc(S(=O)(=O)N(C)Cc3ccccc3)cc2)ccc1C. The monoisotopic (exact) mass is 424 g/mol. The van der Waals surface area contributed by atoms with Gasteiger partial charge in [0.1, 0.15) is 5.75 Å². The molecule has 30 heavy (non-hydrogen) atoms. The molecule has 0 radical (unpaired) electrons. The summed E-state index contributed by atoms with van der Waals surface area (Å²) >= 11 is 0. The number of ether oxygens (including phenoxy) is 1. The molecule has 156 valence electrons. The van der Waals surface area contributed by atoms with Gasteiger partial charge in [0.05, 0.1) is 12.0 Å². The van der Waals surface area contributed by atoms with Gasteiger partial charge in [-0.15, -0.1) is 0 Å². The number of sulfonamides is 1. The Bertz CT molecular complexity index is 1130. The predicted octanol–water partition coefficient (Wildman–Crippen LogP) is 4.08. The first-order valence-electron chi connectivity index (χ1n) is 9.37. The molecule has 0 unspecified atom stereocenters. The third-order valence-electron chi connectivity index (χ3n) is 4.74. The molecule has 6 nitrogen and oxygen atoms in total. The number of anilines is 1. The van der Waals surface area contributed by atoms with Crippen LogP contribution in [0.4, 0.5) is 5.69 Å². The fourth-order valence-corrected chi connectivity index (χ4v) is 4.14. The summed E-state index contributed by atoms with van der Waals surface area (Å²) in [6.45, 7) is 2.17. The molecule has 0 aromatic heterocycles. The topological polar surface area (TPSA) is 75.7 Å². The lowest BCUT2D eigenvalue weighted by Crippen LogP contribution is -2.26. The van der Waals surface area contributed by atoms with Gasteiger partial charge in [0.25, 0.3) is 5.91 Å². The van der Waals surface area contributed by atoms with Gasteiger partial charge in [0, 0.05) is 24.8 Å². The van der Waals surface area contributed by atoms with Gasteiger partial charge in [-0.3, -0.25) is 4.79 Å². The van der Waals surface area contributed by atoms with Crippen molar-refractivity contribution in [3.05, 3.63) is 89.5 Å². The number of aryl methyl sites for hydroxylation is 1. The van der Waals surface area contributed by atoms with Crippen molar-refractivity contribution < 1.29 is 17.9 Å². The minimum absolute atomic E-state index is 0.163. The average Bonchev–Trinajstić information content (AvgIpc) is 2.75. The molecule has 0 heterocycles. The van der Waals surface area contributed by atoms with Gasteiger partial charge in [0.15, 0.2) is 0 Å². The van der Waals surface area contributed by atoms with E-state index in [-0.39, 0.29) is 17.3 Å². The molecule has 0 spiro atoms. The number of rotatable bonds is 7. The van der Waals surface area contributed by atoms with Gasteiger partial charge in [-0.2, -0.15) is 4.31 Å². The number of hydrogen-bond donors (Lipinski definition) is 1. The molecule has 1 amide bonds. The zero-order valence-electron chi connectivity index (χ0n) is 17.1. The van der Waals surface area contributed by atoms with Crippen molar-refractivity contribution in [3.63, 3.8) is 0 Å². The molecular formula is C23H24N2O4S. The molecule has 0 bridgehead atoms. The van der Waals surface area contributed by atoms with Crippen LogP contribution in [0, 0.1) is 6.92 Å². The highest BCUT2D eigenvalue weighted by Gasteiger charge is 2.21. The Morgan fingerprint density at radius 1 is 1.00 bits per heavy atom. The van der Waals surface area contributed by atoms with Gasteiger partial charge >= 0.3 is 0 Å². The summed E-state index contributed by atoms with van der Waals surface area (Å²) in [6.07, 6.45) is 0. The molecule has 3 rings (SSSR count). The highest BCUT2D eigenvalue weighted by atomic mass is 32.2. The van der Waals surface area contributed by atoms with Crippen molar-refractivity contribution in [2.75, 3.05) is 19.5 Å². The lowest BCUT2D eigenvalue weighted by molar-refractivity contribution is 0.102. The minimum atomic E-state index is -3.64. The first-order chi connectivity index (χ1) is 14.3. The Kier molecular flexibility index (Phi) is 6.54. The Labute approximate surface area is 177 Å². The number of nitrogens with one attached hydrogen (secondary N) is 1. The maximum atomic E-state index is 12.8. The Balaban J connectivity index is 1.71. The second-order valence-corrected chi connectivity index (χ2v) is 8.95. The lowest BCUT2D eigenvalue weighted by Gasteiger charge is -2.17. The maximum Gasteiger partial charge on any atom is 0.255 e. The largest absolute Gasteiger partial charge is 0.496 e. The van der Waals surface area contributed by atoms with Crippen LogP contribution in [0.5, 0.6) is 5.75 Å². The lowest BCUT2D eigenvalue weighted by atomic mass is 10.1. The normalized spacial score (nSPS) is 11.3. The third-order valence-corrected chi connectivity index (χ3v) is 6.56. The molecule has 0 saturated heterocycles. The van der Waals surface area contributed by atoms with Gasteiger partial charge in [-0.05, 0) is 54.4 Å². The van der Waals surface area contributed by atoms with Crippen molar-refractivity contribution in [2.45, 2.75) is 18.4 Å². The Morgan fingerprint density at radius 3 is 2.30 bits per heavy atom. The number of hydrogen-bond acceptors (Lipinski definition) is 4. The smallest absolute Gasteiger partial charge is 0.255 e. The van der Waals surface area contributed by atoms with Crippen LogP contribution in [-0.2, 0) is 16.6 Å². The summed E-state index contributed by atoms with van der Waals surface area (Å²) in [5, 5.41) is 2.77. The number of methoxy groups -OCH3 is 1. The van der Waals surface area contributed by atoms with Crippen LogP contribution in [-0.4, -0.2) is 32.8 Å². The standard InChI is InChI=1S/C23H24N2O4S/c1-17-9-10-19(15-22(17)29-3)23(26)24-20-11-13-21(14-12-20)30(27,28)25(2)16-18-7-5-4-6-8-18/h4-15H,16H2,1-3H3,(H,24,26). The molecule has 0 aliphatic carbocycles. The molecule has 7 heteroatoms. The highest BCUT2D eigenvalue weighted by Crippen LogP contribution is 2.22. The fourth-order valence-electron chi connectivity index (χ4n) is 2.98. The second-order valence-electron chi connectivity index (χ2n) is 6.91. The Hall–Kier alpha value is -3.16. The quantitative estimate of drug-likeness (QED) is 0.620. The van der Waals surface area contributed by atoms with Crippen LogP contribution < -0.4 is 10.1 Å². The number of carbonyl (C=O) groups excluding carboxylic acids is 1. The molecular weight excluding hydrogens is 400 g/mol. The zero-order valence-corrected chi connectivity index (χ0v) is 17.9. The van der Waals surface area contributed by atoms with Gasteiger partial charge in [0.2, 0.25) is 10.0 Å². The van der Waals surface area contributed by atoms with Crippen molar-refractivity contribution >= 4 is 21.6 Å². The molecule has 0 aliphatic heterocycles. The first-order valence-corrected chi connectivity index (χ1v) is 10.8. The molecule has 0 saturated carbocycles. The van der Waals surface area contributed by atoms with E-state index in [0.29, 0.717) is 17.0 Å². The van der Waals surface area contributed by atoms with E-state index in [2.05, 4.69) is 5.32 Å². The van der Waals surface area contributed by atoms with E-state index in [1.807, 2.05) is 43.3 Å². The number of amides is 1. The summed E-state index contributed by atoms with van der Waals surface area (Å²) in [5.74, 6) is 0.329. The molecule has 3 aromatic rings. The summed E-state index contributed by atoms with van der Waals surface area (Å²) in [6, 6.07) is 20.7. The predicted molar refractivity (Wildman–Crippen MR) is 117 cm³/mol. The minimum Gasteiger partial charge on any atom is -0.496 e. The first kappa shape index (κ1) is 21.5. The highest BCUT2D eigenvalue weighted by molar-refractivity contribution is 7.89. The van der Waals surface area contributed by atoms with Gasteiger partial charge < -0.3 is 10.1 Å². The summed E-state index contributed by atoms with van der Waals surface area (Å²) in [4.78, 5) is 12.7. The zero-order chi connectivity index (χ0) is 21.7. The van der Waals surface area contributed by atoms with E-state index in [9.17, 15) is 13.2 Å². The third kappa shape index (κ3) is 4.87. The number of nitrogens with zero attached hydrogens (tertiary/aromatic N) is 1. The molecule has 1 N–H and O–H groups in total. The van der Waals surface area contributed by atoms with Crippen LogP contribution in [0.1, 0.15) is 21.5 Å². The van der Waals surface area contributed by atoms with Crippen molar-refractivity contribution in [1.29, 1.82) is 0 Å². The van der Waals surface area contributed by atoms with Crippen LogP contribution in [0.25, 0.3) is 0 Å². The van der Waals surface area contributed by atoms with Crippen LogP contribution in [0.3, 0.4) is 0 Å². The van der Waals surface area contributed by atoms with Crippen molar-refractivity contribution in [1.82, 2.24) is 4.31 Å². The molecule has 0 atom stereocenters. The summed E-state index contributed by atoms with van der Waals surface area (Å²) in [5.41, 5.74) is 2.80. The van der Waals surface area contributed by atoms with E-state index < -0.39 is 10.0 Å². The molecule has 3 aromatic carbocycles. The summed E-state index contributed by atoms with van der Waals surface area (Å²) < 4.78 is 32.2. The number of benzene rings is 3. The van der Waals surface area contributed by atoms with Crippen molar-refractivity contribution in [3.8, 4) is 5.75 Å². The average molecular weight is 425 g/mol. The van der Waals surface area contributed by atoms with E-state index in [1.165, 1.54) is 16.4 Å². The summed E-state index contributed by atoms with van der Waals surface area (Å²) in [7, 11) is -0.546. The number of carbonyl (C=O) groups is 1. The van der Waals surface area contributed by atoms with Crippen LogP contribution >= 0.6 is 0 Å². The van der Waals surface area contributed by atoms with E-state index in [4.69, 9.17) is 4.74 Å². The van der Waals surface area contributed by atoms with Crippen LogP contribution in [0.2, 0.25) is 0 Å². The van der Waals surface area contributed by atoms with Gasteiger partial charge in [-0.1, -0.05) is 36.4 Å². The van der Waals surface area contributed by atoms with E-state index in [1.54, 1.807) is 38.4 Å². The van der Waals surface area contributed by atoms with Crippen LogP contribution in [0.15, 0.2) is 77.7 Å². The van der Waals surface area contributed by atoms with Gasteiger partial charge in [-0.25, -0.2) is 8.42 Å². The van der Waals surface area contributed by atoms with E-state index in [0.717, 1.165) is 11.1 Å².